The van der Waals surface area contributed by atoms with Gasteiger partial charge in [-0.2, -0.15) is 10.2 Å². The van der Waals surface area contributed by atoms with E-state index in [0.29, 0.717) is 40.9 Å². The van der Waals surface area contributed by atoms with E-state index in [4.69, 9.17) is 21.1 Å². The number of nitrogens with zero attached hydrogens (tertiary/aromatic N) is 2. The fraction of sp³-hybridized carbons (Fsp3) is 0.235. The number of benzene rings is 1. The number of carbonyl (C=O) groups excluding carboxylic acids is 1. The number of aromatic nitrogens is 4. The second-order valence-electron chi connectivity index (χ2n) is 5.48. The van der Waals surface area contributed by atoms with Crippen LogP contribution in [0.25, 0.3) is 0 Å². The van der Waals surface area contributed by atoms with Crippen molar-refractivity contribution in [1.29, 1.82) is 0 Å². The first-order valence-electron chi connectivity index (χ1n) is 7.92. The summed E-state index contributed by atoms with van der Waals surface area (Å²) >= 11 is 6.13. The van der Waals surface area contributed by atoms with E-state index in [1.54, 1.807) is 43.8 Å². The summed E-state index contributed by atoms with van der Waals surface area (Å²) in [6.07, 6.45) is 4.21. The number of hydrogen-bond donors (Lipinski definition) is 3. The fourth-order valence-electron chi connectivity index (χ4n) is 2.26. The fourth-order valence-corrected chi connectivity index (χ4v) is 2.48. The molecule has 0 unspecified atom stereocenters. The van der Waals surface area contributed by atoms with Gasteiger partial charge in [0.25, 0.3) is 5.91 Å². The third kappa shape index (κ3) is 4.54. The highest BCUT2D eigenvalue weighted by molar-refractivity contribution is 6.32. The van der Waals surface area contributed by atoms with E-state index >= 15 is 0 Å². The van der Waals surface area contributed by atoms with Gasteiger partial charge in [0.1, 0.15) is 23.8 Å². The van der Waals surface area contributed by atoms with Crippen molar-refractivity contribution >= 4 is 17.5 Å². The minimum Gasteiger partial charge on any atom is -0.497 e. The van der Waals surface area contributed by atoms with E-state index in [9.17, 15) is 4.79 Å². The van der Waals surface area contributed by atoms with Crippen molar-refractivity contribution < 1.29 is 14.3 Å². The van der Waals surface area contributed by atoms with Crippen LogP contribution in [0.15, 0.2) is 36.7 Å². The van der Waals surface area contributed by atoms with Crippen LogP contribution in [-0.2, 0) is 13.0 Å². The molecule has 26 heavy (non-hydrogen) atoms. The summed E-state index contributed by atoms with van der Waals surface area (Å²) in [6.45, 7) is 0.708. The maximum Gasteiger partial charge on any atom is 0.271 e. The molecule has 136 valence electrons. The first-order chi connectivity index (χ1) is 12.7. The van der Waals surface area contributed by atoms with Crippen LogP contribution < -0.4 is 14.8 Å². The summed E-state index contributed by atoms with van der Waals surface area (Å²) < 4.78 is 10.7. The van der Waals surface area contributed by atoms with Crippen molar-refractivity contribution in [1.82, 2.24) is 25.7 Å². The average Bonchev–Trinajstić information content (AvgIpc) is 3.32. The zero-order chi connectivity index (χ0) is 18.4. The molecular formula is C17H18ClN5O3. The molecule has 0 atom stereocenters. The molecule has 0 saturated carbocycles. The molecule has 8 nitrogen and oxygen atoms in total. The Morgan fingerprint density at radius 1 is 1.35 bits per heavy atom. The molecule has 1 aromatic carbocycles. The summed E-state index contributed by atoms with van der Waals surface area (Å²) in [5.74, 6) is 0.921. The van der Waals surface area contributed by atoms with Crippen molar-refractivity contribution in [3.05, 3.63) is 58.6 Å². The molecule has 0 aliphatic heterocycles. The molecule has 1 amide bonds. The number of aromatic amines is 2. The Balaban J connectivity index is 1.50. The van der Waals surface area contributed by atoms with Crippen LogP contribution in [0.5, 0.6) is 11.5 Å². The number of H-pyrrole nitrogens is 2. The van der Waals surface area contributed by atoms with Gasteiger partial charge in [-0.15, -0.1) is 0 Å². The van der Waals surface area contributed by atoms with Gasteiger partial charge in [-0.05, 0) is 30.2 Å². The summed E-state index contributed by atoms with van der Waals surface area (Å²) in [5, 5.41) is 16.6. The third-order valence-electron chi connectivity index (χ3n) is 3.64. The third-order valence-corrected chi connectivity index (χ3v) is 3.94. The summed E-state index contributed by atoms with van der Waals surface area (Å²) in [6, 6.07) is 6.79. The number of methoxy groups -OCH3 is 1. The Kier molecular flexibility index (Phi) is 5.75. The van der Waals surface area contributed by atoms with E-state index < -0.39 is 0 Å². The largest absolute Gasteiger partial charge is 0.497 e. The van der Waals surface area contributed by atoms with Crippen molar-refractivity contribution in [2.45, 2.75) is 13.0 Å². The molecule has 0 aliphatic carbocycles. The molecule has 3 rings (SSSR count). The first-order valence-corrected chi connectivity index (χ1v) is 8.30. The lowest BCUT2D eigenvalue weighted by Crippen LogP contribution is -2.25. The van der Waals surface area contributed by atoms with Gasteiger partial charge in [-0.1, -0.05) is 11.6 Å². The normalized spacial score (nSPS) is 10.5. The molecule has 2 heterocycles. The van der Waals surface area contributed by atoms with Crippen molar-refractivity contribution in [3.8, 4) is 11.5 Å². The molecule has 0 fully saturated rings. The van der Waals surface area contributed by atoms with Crippen LogP contribution in [0.4, 0.5) is 0 Å². The highest BCUT2D eigenvalue weighted by atomic mass is 35.5. The summed E-state index contributed by atoms with van der Waals surface area (Å²) in [7, 11) is 1.57. The van der Waals surface area contributed by atoms with Gasteiger partial charge in [0.15, 0.2) is 0 Å². The highest BCUT2D eigenvalue weighted by Gasteiger charge is 2.11. The van der Waals surface area contributed by atoms with Crippen LogP contribution in [-0.4, -0.2) is 40.0 Å². The molecule has 9 heteroatoms. The van der Waals surface area contributed by atoms with Crippen LogP contribution in [0, 0.1) is 0 Å². The van der Waals surface area contributed by atoms with Gasteiger partial charge in [0, 0.05) is 18.8 Å². The second-order valence-corrected chi connectivity index (χ2v) is 5.88. The zero-order valence-corrected chi connectivity index (χ0v) is 14.8. The van der Waals surface area contributed by atoms with Gasteiger partial charge in [0.05, 0.1) is 24.0 Å². The Labute approximate surface area is 154 Å². The number of halogens is 1. The zero-order valence-electron chi connectivity index (χ0n) is 14.1. The van der Waals surface area contributed by atoms with Crippen LogP contribution in [0.2, 0.25) is 5.02 Å². The number of hydrogen-bond acceptors (Lipinski definition) is 5. The number of rotatable bonds is 8. The van der Waals surface area contributed by atoms with Gasteiger partial charge in [0.2, 0.25) is 0 Å². The lowest BCUT2D eigenvalue weighted by Gasteiger charge is -2.08. The Bertz CT molecular complexity index is 863. The molecule has 3 N–H and O–H groups in total. The van der Waals surface area contributed by atoms with Crippen molar-refractivity contribution in [2.75, 3.05) is 13.7 Å². The van der Waals surface area contributed by atoms with Gasteiger partial charge < -0.3 is 14.8 Å². The number of carbonyl (C=O) groups is 1. The topological polar surface area (TPSA) is 105 Å². The average molecular weight is 376 g/mol. The van der Waals surface area contributed by atoms with Gasteiger partial charge in [-0.3, -0.25) is 15.0 Å². The minimum atomic E-state index is -0.251. The maximum absolute atomic E-state index is 12.1. The minimum absolute atomic E-state index is 0.210. The monoisotopic (exact) mass is 375 g/mol. The molecule has 0 bridgehead atoms. The molecule has 2 aromatic heterocycles. The lowest BCUT2D eigenvalue weighted by atomic mass is 10.2. The predicted molar refractivity (Wildman–Crippen MR) is 95.5 cm³/mol. The van der Waals surface area contributed by atoms with E-state index in [2.05, 4.69) is 25.7 Å². The van der Waals surface area contributed by atoms with Crippen LogP contribution in [0.3, 0.4) is 0 Å². The summed E-state index contributed by atoms with van der Waals surface area (Å²) in [5.41, 5.74) is 1.99. The lowest BCUT2D eigenvalue weighted by molar-refractivity contribution is 0.0949. The Morgan fingerprint density at radius 2 is 2.23 bits per heavy atom. The smallest absolute Gasteiger partial charge is 0.271 e. The first kappa shape index (κ1) is 17.8. The second kappa shape index (κ2) is 8.39. The Hall–Kier alpha value is -3.00. The van der Waals surface area contributed by atoms with Crippen LogP contribution >= 0.6 is 11.6 Å². The van der Waals surface area contributed by atoms with Crippen molar-refractivity contribution in [3.63, 3.8) is 0 Å². The van der Waals surface area contributed by atoms with Gasteiger partial charge >= 0.3 is 0 Å². The molecular weight excluding hydrogens is 358 g/mol. The van der Waals surface area contributed by atoms with Gasteiger partial charge in [-0.25, -0.2) is 0 Å². The molecule has 0 radical (unpaired) electrons. The number of amides is 1. The van der Waals surface area contributed by atoms with E-state index in [0.717, 1.165) is 5.56 Å². The predicted octanol–water partition coefficient (Wildman–Crippen LogP) is 2.35. The number of nitrogens with one attached hydrogen (secondary N) is 3. The molecule has 3 aromatic rings. The number of ether oxygens (including phenoxy) is 2. The maximum atomic E-state index is 12.1. The Morgan fingerprint density at radius 3 is 2.96 bits per heavy atom. The molecule has 0 saturated heterocycles. The van der Waals surface area contributed by atoms with Crippen LogP contribution in [0.1, 0.15) is 21.7 Å². The van der Waals surface area contributed by atoms with E-state index in [-0.39, 0.29) is 12.5 Å². The van der Waals surface area contributed by atoms with E-state index in [1.807, 2.05) is 0 Å². The quantitative estimate of drug-likeness (QED) is 0.560. The van der Waals surface area contributed by atoms with Crippen molar-refractivity contribution in [2.24, 2.45) is 0 Å². The van der Waals surface area contributed by atoms with E-state index in [1.165, 1.54) is 0 Å². The molecule has 0 aliphatic rings. The SMILES string of the molecule is COc1ccc(OCc2cc(C(=O)NCCc3cn[nH]c3)n[nH]2)c(Cl)c1. The summed E-state index contributed by atoms with van der Waals surface area (Å²) in [4.78, 5) is 12.1. The molecule has 0 spiro atoms. The standard InChI is InChI=1S/C17H18ClN5O3/c1-25-13-2-3-16(14(18)7-13)26-10-12-6-15(23-22-12)17(24)19-5-4-11-8-20-21-9-11/h2-3,6-9H,4-5,10H2,1H3,(H,19,24)(H,20,21)(H,22,23). The highest BCUT2D eigenvalue weighted by Crippen LogP contribution is 2.29.